The van der Waals surface area contributed by atoms with Crippen LogP contribution in [0.5, 0.6) is 0 Å². The van der Waals surface area contributed by atoms with E-state index in [1.54, 1.807) is 11.3 Å². The van der Waals surface area contributed by atoms with Gasteiger partial charge < -0.3 is 10.1 Å². The van der Waals surface area contributed by atoms with Crippen molar-refractivity contribution >= 4 is 22.4 Å². The summed E-state index contributed by atoms with van der Waals surface area (Å²) in [5.74, 6) is -0.240. The van der Waals surface area contributed by atoms with Gasteiger partial charge in [0.1, 0.15) is 0 Å². The summed E-state index contributed by atoms with van der Waals surface area (Å²) in [6, 6.07) is 0.519. The number of carbonyl (C=O) groups excluding carboxylic acids is 1. The van der Waals surface area contributed by atoms with Gasteiger partial charge in [0.05, 0.1) is 19.2 Å². The molecule has 1 heterocycles. The van der Waals surface area contributed by atoms with E-state index >= 15 is 0 Å². The Labute approximate surface area is 118 Å². The van der Waals surface area contributed by atoms with Crippen LogP contribution in [-0.2, 0) is 16.0 Å². The molecule has 0 atom stereocenters. The molecule has 0 unspecified atom stereocenters. The van der Waals surface area contributed by atoms with Crippen LogP contribution < -0.4 is 5.32 Å². The molecule has 1 N–H and O–H groups in total. The fourth-order valence-corrected chi connectivity index (χ4v) is 3.18. The number of nitrogens with one attached hydrogen (secondary N) is 1. The van der Waals surface area contributed by atoms with E-state index in [9.17, 15) is 4.79 Å². The Balaban J connectivity index is 1.85. The Morgan fingerprint density at radius 1 is 1.53 bits per heavy atom. The van der Waals surface area contributed by atoms with Crippen molar-refractivity contribution in [1.82, 2.24) is 4.98 Å². The van der Waals surface area contributed by atoms with Crippen molar-refractivity contribution in [1.29, 1.82) is 0 Å². The van der Waals surface area contributed by atoms with E-state index in [1.807, 2.05) is 5.38 Å². The first kappa shape index (κ1) is 14.3. The highest BCUT2D eigenvalue weighted by atomic mass is 32.1. The average molecular weight is 282 g/mol. The molecule has 1 aromatic heterocycles. The number of methoxy groups -OCH3 is 1. The summed E-state index contributed by atoms with van der Waals surface area (Å²) in [7, 11) is 1.40. The second-order valence-electron chi connectivity index (χ2n) is 5.98. The predicted molar refractivity (Wildman–Crippen MR) is 77.5 cm³/mol. The standard InChI is InChI=1S/C14H22N2O2S/c1-14(2)6-4-10(5-7-14)15-13-16-11(9-19-13)8-12(17)18-3/h9-10H,4-8H2,1-3H3,(H,15,16). The van der Waals surface area contributed by atoms with Crippen molar-refractivity contribution in [3.63, 3.8) is 0 Å². The first-order valence-electron chi connectivity index (χ1n) is 6.76. The number of hydrogen-bond acceptors (Lipinski definition) is 5. The van der Waals surface area contributed by atoms with Gasteiger partial charge in [-0.15, -0.1) is 11.3 Å². The number of nitrogens with zero attached hydrogens (tertiary/aromatic N) is 1. The minimum atomic E-state index is -0.240. The quantitative estimate of drug-likeness (QED) is 0.861. The van der Waals surface area contributed by atoms with Crippen LogP contribution in [0.4, 0.5) is 5.13 Å². The minimum Gasteiger partial charge on any atom is -0.469 e. The Bertz CT molecular complexity index is 432. The molecule has 0 aliphatic heterocycles. The lowest BCUT2D eigenvalue weighted by atomic mass is 9.76. The van der Waals surface area contributed by atoms with Gasteiger partial charge in [-0.1, -0.05) is 13.8 Å². The van der Waals surface area contributed by atoms with Crippen molar-refractivity contribution in [2.24, 2.45) is 5.41 Å². The van der Waals surface area contributed by atoms with Crippen LogP contribution in [0.1, 0.15) is 45.2 Å². The molecule has 0 bridgehead atoms. The highest BCUT2D eigenvalue weighted by Gasteiger charge is 2.27. The van der Waals surface area contributed by atoms with Crippen LogP contribution in [0, 0.1) is 5.41 Å². The average Bonchev–Trinajstić information content (AvgIpc) is 2.79. The number of ether oxygens (including phenoxy) is 1. The van der Waals surface area contributed by atoms with E-state index in [4.69, 9.17) is 0 Å². The summed E-state index contributed by atoms with van der Waals surface area (Å²) in [6.07, 6.45) is 5.15. The van der Waals surface area contributed by atoms with Gasteiger partial charge in [0.25, 0.3) is 0 Å². The molecular weight excluding hydrogens is 260 g/mol. The van der Waals surface area contributed by atoms with Crippen molar-refractivity contribution in [3.8, 4) is 0 Å². The Morgan fingerprint density at radius 2 is 2.21 bits per heavy atom. The van der Waals surface area contributed by atoms with Gasteiger partial charge in [0.15, 0.2) is 5.13 Å². The van der Waals surface area contributed by atoms with Crippen LogP contribution in [0.25, 0.3) is 0 Å². The third-order valence-electron chi connectivity index (χ3n) is 3.77. The number of esters is 1. The molecule has 1 saturated carbocycles. The zero-order valence-corrected chi connectivity index (χ0v) is 12.7. The minimum absolute atomic E-state index is 0.240. The molecular formula is C14H22N2O2S. The number of carbonyl (C=O) groups is 1. The molecule has 0 amide bonds. The molecule has 0 aromatic carbocycles. The third-order valence-corrected chi connectivity index (χ3v) is 4.59. The monoisotopic (exact) mass is 282 g/mol. The molecule has 1 aliphatic carbocycles. The molecule has 0 saturated heterocycles. The summed E-state index contributed by atoms with van der Waals surface area (Å²) in [5.41, 5.74) is 1.27. The van der Waals surface area contributed by atoms with Gasteiger partial charge in [-0.3, -0.25) is 4.79 Å². The first-order chi connectivity index (χ1) is 8.98. The van der Waals surface area contributed by atoms with E-state index in [2.05, 4.69) is 28.9 Å². The van der Waals surface area contributed by atoms with E-state index < -0.39 is 0 Å². The lowest BCUT2D eigenvalue weighted by Gasteiger charge is -2.34. The summed E-state index contributed by atoms with van der Waals surface area (Å²) >= 11 is 1.57. The van der Waals surface area contributed by atoms with Crippen LogP contribution in [0.15, 0.2) is 5.38 Å². The Kier molecular flexibility index (Phi) is 4.45. The van der Waals surface area contributed by atoms with Crippen molar-refractivity contribution < 1.29 is 9.53 Å². The normalized spacial score (nSPS) is 19.1. The molecule has 19 heavy (non-hydrogen) atoms. The van der Waals surface area contributed by atoms with E-state index in [0.29, 0.717) is 11.5 Å². The molecule has 1 aromatic rings. The van der Waals surface area contributed by atoms with Gasteiger partial charge in [-0.2, -0.15) is 0 Å². The van der Waals surface area contributed by atoms with Crippen molar-refractivity contribution in [2.75, 3.05) is 12.4 Å². The largest absolute Gasteiger partial charge is 0.469 e. The molecule has 1 aliphatic rings. The smallest absolute Gasteiger partial charge is 0.311 e. The van der Waals surface area contributed by atoms with Crippen LogP contribution >= 0.6 is 11.3 Å². The Morgan fingerprint density at radius 3 is 2.84 bits per heavy atom. The summed E-state index contributed by atoms with van der Waals surface area (Å²) < 4.78 is 4.64. The SMILES string of the molecule is COC(=O)Cc1csc(NC2CCC(C)(C)CC2)n1. The molecule has 0 spiro atoms. The number of thiazole rings is 1. The molecule has 5 heteroatoms. The number of rotatable bonds is 4. The molecule has 1 fully saturated rings. The van der Waals surface area contributed by atoms with Gasteiger partial charge in [-0.05, 0) is 31.1 Å². The highest BCUT2D eigenvalue weighted by Crippen LogP contribution is 2.36. The van der Waals surface area contributed by atoms with E-state index in [1.165, 1.54) is 32.8 Å². The van der Waals surface area contributed by atoms with Crippen LogP contribution in [0.3, 0.4) is 0 Å². The maximum atomic E-state index is 11.2. The van der Waals surface area contributed by atoms with Gasteiger partial charge in [-0.25, -0.2) is 4.98 Å². The topological polar surface area (TPSA) is 51.2 Å². The molecule has 2 rings (SSSR count). The number of hydrogen-bond donors (Lipinski definition) is 1. The number of aromatic nitrogens is 1. The first-order valence-corrected chi connectivity index (χ1v) is 7.64. The fraction of sp³-hybridized carbons (Fsp3) is 0.714. The zero-order chi connectivity index (χ0) is 13.9. The predicted octanol–water partition coefficient (Wildman–Crippen LogP) is 3.24. The molecule has 106 valence electrons. The van der Waals surface area contributed by atoms with Gasteiger partial charge >= 0.3 is 5.97 Å². The fourth-order valence-electron chi connectivity index (χ4n) is 2.39. The maximum absolute atomic E-state index is 11.2. The van der Waals surface area contributed by atoms with E-state index in [-0.39, 0.29) is 12.4 Å². The van der Waals surface area contributed by atoms with Crippen LogP contribution in [-0.4, -0.2) is 24.1 Å². The lowest BCUT2D eigenvalue weighted by Crippen LogP contribution is -2.29. The second-order valence-corrected chi connectivity index (χ2v) is 6.84. The van der Waals surface area contributed by atoms with E-state index in [0.717, 1.165) is 10.8 Å². The van der Waals surface area contributed by atoms with Gasteiger partial charge in [0, 0.05) is 11.4 Å². The Hall–Kier alpha value is -1.10. The third kappa shape index (κ3) is 4.20. The number of anilines is 1. The molecule has 0 radical (unpaired) electrons. The van der Waals surface area contributed by atoms with Crippen molar-refractivity contribution in [2.45, 2.75) is 52.0 Å². The lowest BCUT2D eigenvalue weighted by molar-refractivity contribution is -0.139. The highest BCUT2D eigenvalue weighted by molar-refractivity contribution is 7.13. The maximum Gasteiger partial charge on any atom is 0.311 e. The van der Waals surface area contributed by atoms with Crippen LogP contribution in [0.2, 0.25) is 0 Å². The summed E-state index contributed by atoms with van der Waals surface area (Å²) in [5, 5.41) is 6.33. The summed E-state index contributed by atoms with van der Waals surface area (Å²) in [6.45, 7) is 4.67. The summed E-state index contributed by atoms with van der Waals surface area (Å²) in [4.78, 5) is 15.6. The van der Waals surface area contributed by atoms with Crippen molar-refractivity contribution in [3.05, 3.63) is 11.1 Å². The van der Waals surface area contributed by atoms with Gasteiger partial charge in [0.2, 0.25) is 0 Å². The second kappa shape index (κ2) is 5.90. The molecule has 4 nitrogen and oxygen atoms in total. The zero-order valence-electron chi connectivity index (χ0n) is 11.9.